The molecule has 0 bridgehead atoms. The molecule has 0 aliphatic heterocycles. The summed E-state index contributed by atoms with van der Waals surface area (Å²) in [5.41, 5.74) is 1.91. The van der Waals surface area contributed by atoms with Crippen LogP contribution in [-0.4, -0.2) is 92.2 Å². The monoisotopic (exact) mass is 624 g/mol. The Bertz CT molecular complexity index is 1290. The highest BCUT2D eigenvalue weighted by atomic mass is 16.5. The minimum atomic E-state index is -0.195. The third-order valence-corrected chi connectivity index (χ3v) is 6.38. The van der Waals surface area contributed by atoms with Gasteiger partial charge in [0.2, 0.25) is 17.8 Å². The Kier molecular flexibility index (Phi) is 15.9. The smallest absolute Gasteiger partial charge is 0.305 e. The van der Waals surface area contributed by atoms with Crippen LogP contribution in [0, 0.1) is 0 Å². The molecule has 0 atom stereocenters. The molecule has 0 spiro atoms. The van der Waals surface area contributed by atoms with Crippen LogP contribution in [0.4, 0.5) is 29.2 Å². The number of amides is 1. The van der Waals surface area contributed by atoms with E-state index in [9.17, 15) is 14.7 Å². The standard InChI is InChI=1S/C31H44N8O6/c1-32-17-19-44-21-22-45-20-18-34-29-37-30(39-31(38-29)36-25-12-14-26(40)15-13-25)35-24-10-8-23(9-11-24)28(42)33-16-6-4-3-5-7-27(41)43-2/h8-15,32,40H,3-7,16-22H2,1-2H3,(H,33,42)(H3,34,35,36,37,38,39). The fourth-order valence-electron chi connectivity index (χ4n) is 3.96. The predicted molar refractivity (Wildman–Crippen MR) is 172 cm³/mol. The topological polar surface area (TPSA) is 181 Å². The van der Waals surface area contributed by atoms with Gasteiger partial charge in [0, 0.05) is 43.0 Å². The van der Waals surface area contributed by atoms with Gasteiger partial charge in [-0.25, -0.2) is 0 Å². The van der Waals surface area contributed by atoms with Crippen molar-refractivity contribution < 1.29 is 28.9 Å². The summed E-state index contributed by atoms with van der Waals surface area (Å²) < 4.78 is 15.7. The molecule has 0 aliphatic rings. The largest absolute Gasteiger partial charge is 0.508 e. The summed E-state index contributed by atoms with van der Waals surface area (Å²) in [5.74, 6) is 0.716. The molecule has 0 saturated carbocycles. The van der Waals surface area contributed by atoms with Crippen LogP contribution >= 0.6 is 0 Å². The van der Waals surface area contributed by atoms with Crippen LogP contribution in [-0.2, 0) is 19.0 Å². The number of esters is 1. The minimum Gasteiger partial charge on any atom is -0.508 e. The van der Waals surface area contributed by atoms with Crippen LogP contribution in [0.25, 0.3) is 0 Å². The number of aromatic hydroxyl groups is 1. The number of unbranched alkanes of at least 4 members (excludes halogenated alkanes) is 3. The lowest BCUT2D eigenvalue weighted by molar-refractivity contribution is -0.140. The van der Waals surface area contributed by atoms with Crippen molar-refractivity contribution in [3.8, 4) is 5.75 Å². The van der Waals surface area contributed by atoms with Gasteiger partial charge in [-0.05, 0) is 68.4 Å². The van der Waals surface area contributed by atoms with E-state index < -0.39 is 0 Å². The van der Waals surface area contributed by atoms with E-state index in [1.54, 1.807) is 48.5 Å². The first-order valence-corrected chi connectivity index (χ1v) is 15.0. The quantitative estimate of drug-likeness (QED) is 0.0543. The molecule has 14 heteroatoms. The highest BCUT2D eigenvalue weighted by molar-refractivity contribution is 5.94. The first-order valence-electron chi connectivity index (χ1n) is 15.0. The Morgan fingerprint density at radius 1 is 0.711 bits per heavy atom. The van der Waals surface area contributed by atoms with Gasteiger partial charge in [-0.1, -0.05) is 12.8 Å². The van der Waals surface area contributed by atoms with Gasteiger partial charge >= 0.3 is 5.97 Å². The molecule has 3 rings (SSSR count). The molecule has 1 amide bonds. The van der Waals surface area contributed by atoms with Crippen LogP contribution in [0.1, 0.15) is 42.5 Å². The molecule has 0 unspecified atom stereocenters. The number of carbonyl (C=O) groups excluding carboxylic acids is 2. The maximum atomic E-state index is 12.6. The molecule has 0 radical (unpaired) electrons. The molecular weight excluding hydrogens is 580 g/mol. The second-order valence-corrected chi connectivity index (χ2v) is 9.93. The zero-order chi connectivity index (χ0) is 32.1. The summed E-state index contributed by atoms with van der Waals surface area (Å²) in [7, 11) is 3.27. The van der Waals surface area contributed by atoms with E-state index in [1.165, 1.54) is 7.11 Å². The Labute approximate surface area is 263 Å². The van der Waals surface area contributed by atoms with Gasteiger partial charge in [-0.15, -0.1) is 0 Å². The van der Waals surface area contributed by atoms with Crippen LogP contribution in [0.2, 0.25) is 0 Å². The number of phenolic OH excluding ortho intramolecular Hbond substituents is 1. The van der Waals surface area contributed by atoms with Crippen LogP contribution < -0.4 is 26.6 Å². The number of hydrogen-bond acceptors (Lipinski definition) is 13. The number of benzene rings is 2. The number of phenols is 1. The first-order chi connectivity index (χ1) is 22.0. The number of rotatable bonds is 22. The number of aromatic nitrogens is 3. The lowest BCUT2D eigenvalue weighted by Gasteiger charge is -2.12. The number of likely N-dealkylation sites (N-methyl/N-ethyl adjacent to an activating group) is 1. The third-order valence-electron chi connectivity index (χ3n) is 6.38. The fourth-order valence-corrected chi connectivity index (χ4v) is 3.96. The Morgan fingerprint density at radius 2 is 1.29 bits per heavy atom. The summed E-state index contributed by atoms with van der Waals surface area (Å²) in [5, 5.41) is 25.0. The number of hydrogen-bond donors (Lipinski definition) is 6. The van der Waals surface area contributed by atoms with E-state index in [2.05, 4.69) is 46.3 Å². The van der Waals surface area contributed by atoms with E-state index >= 15 is 0 Å². The number of nitrogens with zero attached hydrogens (tertiary/aromatic N) is 3. The molecule has 6 N–H and O–H groups in total. The summed E-state index contributed by atoms with van der Waals surface area (Å²) >= 11 is 0. The second-order valence-electron chi connectivity index (χ2n) is 9.93. The summed E-state index contributed by atoms with van der Waals surface area (Å²) in [6.45, 7) is 3.88. The van der Waals surface area contributed by atoms with Crippen molar-refractivity contribution in [2.75, 3.05) is 76.2 Å². The average molecular weight is 625 g/mol. The molecular formula is C31H44N8O6. The molecule has 1 heterocycles. The molecule has 0 aliphatic carbocycles. The zero-order valence-corrected chi connectivity index (χ0v) is 25.9. The number of methoxy groups -OCH3 is 1. The van der Waals surface area contributed by atoms with Gasteiger partial charge in [0.05, 0.1) is 33.5 Å². The van der Waals surface area contributed by atoms with Crippen molar-refractivity contribution in [3.05, 3.63) is 54.1 Å². The molecule has 3 aromatic rings. The number of ether oxygens (including phenoxy) is 3. The molecule has 2 aromatic carbocycles. The van der Waals surface area contributed by atoms with Gasteiger partial charge in [0.1, 0.15) is 5.75 Å². The zero-order valence-electron chi connectivity index (χ0n) is 25.9. The number of carbonyl (C=O) groups is 2. The Morgan fingerprint density at radius 3 is 1.91 bits per heavy atom. The summed E-state index contributed by atoms with van der Waals surface area (Å²) in [6, 6.07) is 13.5. The van der Waals surface area contributed by atoms with Gasteiger partial charge in [0.25, 0.3) is 5.91 Å². The molecule has 45 heavy (non-hydrogen) atoms. The van der Waals surface area contributed by atoms with Crippen molar-refractivity contribution in [2.24, 2.45) is 0 Å². The van der Waals surface area contributed by atoms with E-state index in [0.717, 1.165) is 32.2 Å². The van der Waals surface area contributed by atoms with Crippen molar-refractivity contribution in [3.63, 3.8) is 0 Å². The van der Waals surface area contributed by atoms with E-state index in [4.69, 9.17) is 9.47 Å². The highest BCUT2D eigenvalue weighted by Crippen LogP contribution is 2.21. The lowest BCUT2D eigenvalue weighted by atomic mass is 10.1. The third kappa shape index (κ3) is 14.2. The Balaban J connectivity index is 1.52. The molecule has 1 aromatic heterocycles. The summed E-state index contributed by atoms with van der Waals surface area (Å²) in [4.78, 5) is 37.1. The lowest BCUT2D eigenvalue weighted by Crippen LogP contribution is -2.24. The molecule has 0 fully saturated rings. The minimum absolute atomic E-state index is 0.151. The van der Waals surface area contributed by atoms with E-state index in [-0.39, 0.29) is 23.6 Å². The van der Waals surface area contributed by atoms with Crippen molar-refractivity contribution in [2.45, 2.75) is 32.1 Å². The number of anilines is 5. The highest BCUT2D eigenvalue weighted by Gasteiger charge is 2.10. The van der Waals surface area contributed by atoms with Crippen LogP contribution in [0.15, 0.2) is 48.5 Å². The van der Waals surface area contributed by atoms with Gasteiger partial charge < -0.3 is 45.9 Å². The molecule has 244 valence electrons. The van der Waals surface area contributed by atoms with E-state index in [1.807, 2.05) is 7.05 Å². The maximum Gasteiger partial charge on any atom is 0.305 e. The fraction of sp³-hybridized carbons (Fsp3) is 0.452. The second kappa shape index (κ2) is 20.4. The van der Waals surface area contributed by atoms with E-state index in [0.29, 0.717) is 74.8 Å². The predicted octanol–water partition coefficient (Wildman–Crippen LogP) is 3.58. The van der Waals surface area contributed by atoms with Crippen molar-refractivity contribution in [1.29, 1.82) is 0 Å². The average Bonchev–Trinajstić information content (AvgIpc) is 3.04. The van der Waals surface area contributed by atoms with Crippen LogP contribution in [0.3, 0.4) is 0 Å². The number of nitrogens with one attached hydrogen (secondary N) is 5. The SMILES string of the molecule is CNCCOCCOCCNc1nc(Nc2ccc(O)cc2)nc(Nc2ccc(C(=O)NCCCCCCC(=O)OC)cc2)n1. The molecule has 0 saturated heterocycles. The first kappa shape index (κ1) is 35.0. The normalized spacial score (nSPS) is 10.7. The van der Waals surface area contributed by atoms with Gasteiger partial charge in [-0.3, -0.25) is 9.59 Å². The van der Waals surface area contributed by atoms with Gasteiger partial charge in [0.15, 0.2) is 0 Å². The van der Waals surface area contributed by atoms with Crippen LogP contribution in [0.5, 0.6) is 5.75 Å². The molecule has 14 nitrogen and oxygen atoms in total. The Hall–Kier alpha value is -4.53. The maximum absolute atomic E-state index is 12.6. The van der Waals surface area contributed by atoms with Crippen molar-refractivity contribution >= 4 is 41.1 Å². The van der Waals surface area contributed by atoms with Gasteiger partial charge in [-0.2, -0.15) is 15.0 Å². The van der Waals surface area contributed by atoms with Crippen molar-refractivity contribution in [1.82, 2.24) is 25.6 Å². The summed E-state index contributed by atoms with van der Waals surface area (Å²) in [6.07, 6.45) is 3.87.